The second kappa shape index (κ2) is 4.09. The van der Waals surface area contributed by atoms with E-state index in [-0.39, 0.29) is 11.2 Å². The van der Waals surface area contributed by atoms with Gasteiger partial charge in [0.25, 0.3) is 0 Å². The number of nitrogens with zero attached hydrogens (tertiary/aromatic N) is 1. The van der Waals surface area contributed by atoms with Crippen molar-refractivity contribution in [2.75, 3.05) is 0 Å². The summed E-state index contributed by atoms with van der Waals surface area (Å²) in [5.41, 5.74) is 0.851. The highest BCUT2D eigenvalue weighted by atomic mass is 19.1. The van der Waals surface area contributed by atoms with Crippen LogP contribution in [0, 0.1) is 5.82 Å². The van der Waals surface area contributed by atoms with Crippen LogP contribution in [-0.4, -0.2) is 4.57 Å². The fourth-order valence-electron chi connectivity index (χ4n) is 1.40. The van der Waals surface area contributed by atoms with Crippen molar-refractivity contribution in [3.05, 3.63) is 70.4 Å². The molecule has 0 atom stereocenters. The lowest BCUT2D eigenvalue weighted by Gasteiger charge is -2.05. The number of halogens is 1. The zero-order chi connectivity index (χ0) is 10.7. The Balaban J connectivity index is 2.22. The van der Waals surface area contributed by atoms with Crippen molar-refractivity contribution >= 4 is 0 Å². The van der Waals surface area contributed by atoms with Crippen LogP contribution >= 0.6 is 0 Å². The Kier molecular flexibility index (Phi) is 2.63. The predicted octanol–water partition coefficient (Wildman–Crippen LogP) is 2.04. The van der Waals surface area contributed by atoms with Gasteiger partial charge in [-0.05, 0) is 17.7 Å². The lowest BCUT2D eigenvalue weighted by atomic mass is 10.2. The Morgan fingerprint density at radius 2 is 1.87 bits per heavy atom. The fourth-order valence-corrected chi connectivity index (χ4v) is 1.40. The van der Waals surface area contributed by atoms with Crippen LogP contribution in [-0.2, 0) is 6.54 Å². The van der Waals surface area contributed by atoms with E-state index in [1.807, 2.05) is 10.6 Å². The van der Waals surface area contributed by atoms with Gasteiger partial charge in [-0.3, -0.25) is 4.79 Å². The summed E-state index contributed by atoms with van der Waals surface area (Å²) >= 11 is 0. The highest BCUT2D eigenvalue weighted by Gasteiger charge is 1.95. The molecule has 1 aromatic carbocycles. The lowest BCUT2D eigenvalue weighted by Crippen LogP contribution is -2.04. The van der Waals surface area contributed by atoms with Crippen LogP contribution in [0.25, 0.3) is 0 Å². The molecule has 0 amide bonds. The number of hydrogen-bond donors (Lipinski definition) is 0. The quantitative estimate of drug-likeness (QED) is 0.732. The van der Waals surface area contributed by atoms with Crippen molar-refractivity contribution in [2.45, 2.75) is 6.54 Å². The maximum absolute atomic E-state index is 12.9. The summed E-state index contributed by atoms with van der Waals surface area (Å²) in [4.78, 5) is 10.9. The molecule has 76 valence electrons. The number of benzene rings is 1. The lowest BCUT2D eigenvalue weighted by molar-refractivity contribution is 0.623. The van der Waals surface area contributed by atoms with Gasteiger partial charge >= 0.3 is 0 Å². The van der Waals surface area contributed by atoms with Gasteiger partial charge in [-0.1, -0.05) is 12.1 Å². The maximum atomic E-state index is 12.9. The fraction of sp³-hybridized carbons (Fsp3) is 0.0833. The zero-order valence-electron chi connectivity index (χ0n) is 8.06. The standard InChI is InChI=1S/C12H10FNO/c13-11-3-1-2-10(8-11)9-14-6-4-12(15)5-7-14/h1-8H,9H2. The third-order valence-electron chi connectivity index (χ3n) is 2.11. The minimum atomic E-state index is -0.242. The summed E-state index contributed by atoms with van der Waals surface area (Å²) < 4.78 is 14.7. The van der Waals surface area contributed by atoms with Crippen LogP contribution in [0.1, 0.15) is 5.56 Å². The van der Waals surface area contributed by atoms with Gasteiger partial charge in [0.2, 0.25) is 0 Å². The van der Waals surface area contributed by atoms with Crippen molar-refractivity contribution < 1.29 is 4.39 Å². The molecule has 1 aromatic heterocycles. The molecule has 0 spiro atoms. The summed E-state index contributed by atoms with van der Waals surface area (Å²) in [6.45, 7) is 0.567. The molecule has 0 saturated carbocycles. The highest BCUT2D eigenvalue weighted by Crippen LogP contribution is 2.05. The van der Waals surface area contributed by atoms with Crippen molar-refractivity contribution in [1.29, 1.82) is 0 Å². The molecule has 0 saturated heterocycles. The van der Waals surface area contributed by atoms with Crippen LogP contribution in [0.4, 0.5) is 4.39 Å². The van der Waals surface area contributed by atoms with E-state index in [0.717, 1.165) is 5.56 Å². The van der Waals surface area contributed by atoms with E-state index in [1.165, 1.54) is 24.3 Å². The van der Waals surface area contributed by atoms with Gasteiger partial charge in [0.1, 0.15) is 5.82 Å². The first kappa shape index (κ1) is 9.65. The van der Waals surface area contributed by atoms with Crippen molar-refractivity contribution in [3.63, 3.8) is 0 Å². The van der Waals surface area contributed by atoms with Gasteiger partial charge in [0.15, 0.2) is 5.43 Å². The van der Waals surface area contributed by atoms with Gasteiger partial charge in [0.05, 0.1) is 0 Å². The SMILES string of the molecule is O=c1ccn(Cc2cccc(F)c2)cc1. The van der Waals surface area contributed by atoms with Crippen LogP contribution in [0.2, 0.25) is 0 Å². The maximum Gasteiger partial charge on any atom is 0.181 e. The molecular formula is C12H10FNO. The molecule has 0 aliphatic heterocycles. The van der Waals surface area contributed by atoms with Crippen LogP contribution in [0.15, 0.2) is 53.6 Å². The van der Waals surface area contributed by atoms with E-state index in [2.05, 4.69) is 0 Å². The van der Waals surface area contributed by atoms with Gasteiger partial charge < -0.3 is 4.57 Å². The molecule has 2 rings (SSSR count). The molecule has 0 aliphatic rings. The van der Waals surface area contributed by atoms with Gasteiger partial charge in [-0.2, -0.15) is 0 Å². The molecular weight excluding hydrogens is 193 g/mol. The highest BCUT2D eigenvalue weighted by molar-refractivity contribution is 5.16. The molecule has 1 heterocycles. The van der Waals surface area contributed by atoms with E-state index in [4.69, 9.17) is 0 Å². The Bertz CT molecular complexity index is 499. The summed E-state index contributed by atoms with van der Waals surface area (Å²) in [5.74, 6) is -0.242. The smallest absolute Gasteiger partial charge is 0.181 e. The Morgan fingerprint density at radius 3 is 2.53 bits per heavy atom. The first-order chi connectivity index (χ1) is 7.24. The number of hydrogen-bond acceptors (Lipinski definition) is 1. The van der Waals surface area contributed by atoms with E-state index in [1.54, 1.807) is 18.5 Å². The van der Waals surface area contributed by atoms with Crippen LogP contribution < -0.4 is 5.43 Å². The van der Waals surface area contributed by atoms with Crippen molar-refractivity contribution in [3.8, 4) is 0 Å². The summed E-state index contributed by atoms with van der Waals surface area (Å²) in [7, 11) is 0. The molecule has 0 fully saturated rings. The third-order valence-corrected chi connectivity index (χ3v) is 2.11. The molecule has 0 aliphatic carbocycles. The third kappa shape index (κ3) is 2.53. The molecule has 3 heteroatoms. The summed E-state index contributed by atoms with van der Waals surface area (Å²) in [6, 6.07) is 9.39. The van der Waals surface area contributed by atoms with E-state index >= 15 is 0 Å². The van der Waals surface area contributed by atoms with Gasteiger partial charge in [-0.25, -0.2) is 4.39 Å². The van der Waals surface area contributed by atoms with Crippen LogP contribution in [0.3, 0.4) is 0 Å². The molecule has 2 nitrogen and oxygen atoms in total. The monoisotopic (exact) mass is 203 g/mol. The molecule has 15 heavy (non-hydrogen) atoms. The predicted molar refractivity (Wildman–Crippen MR) is 56.2 cm³/mol. The van der Waals surface area contributed by atoms with Gasteiger partial charge in [0, 0.05) is 31.1 Å². The molecule has 0 bridgehead atoms. The summed E-state index contributed by atoms with van der Waals surface area (Å²) in [6.07, 6.45) is 3.38. The number of pyridine rings is 1. The second-order valence-electron chi connectivity index (χ2n) is 3.34. The average Bonchev–Trinajstić information content (AvgIpc) is 2.22. The molecule has 0 unspecified atom stereocenters. The summed E-state index contributed by atoms with van der Waals surface area (Å²) in [5, 5.41) is 0. The van der Waals surface area contributed by atoms with Crippen molar-refractivity contribution in [1.82, 2.24) is 4.57 Å². The van der Waals surface area contributed by atoms with Crippen molar-refractivity contribution in [2.24, 2.45) is 0 Å². The molecule has 0 N–H and O–H groups in total. The average molecular weight is 203 g/mol. The number of aromatic nitrogens is 1. The molecule has 0 radical (unpaired) electrons. The number of rotatable bonds is 2. The van der Waals surface area contributed by atoms with Gasteiger partial charge in [-0.15, -0.1) is 0 Å². The largest absolute Gasteiger partial charge is 0.350 e. The normalized spacial score (nSPS) is 10.2. The first-order valence-corrected chi connectivity index (χ1v) is 4.64. The Morgan fingerprint density at radius 1 is 1.13 bits per heavy atom. The second-order valence-corrected chi connectivity index (χ2v) is 3.34. The minimum absolute atomic E-state index is 0.0227. The van der Waals surface area contributed by atoms with Crippen LogP contribution in [0.5, 0.6) is 0 Å². The topological polar surface area (TPSA) is 22.0 Å². The zero-order valence-corrected chi connectivity index (χ0v) is 8.06. The van der Waals surface area contributed by atoms with E-state index < -0.39 is 0 Å². The Labute approximate surface area is 86.6 Å². The van der Waals surface area contributed by atoms with E-state index in [0.29, 0.717) is 6.54 Å². The Hall–Kier alpha value is -1.90. The molecule has 2 aromatic rings. The first-order valence-electron chi connectivity index (χ1n) is 4.64. The minimum Gasteiger partial charge on any atom is -0.350 e. The van der Waals surface area contributed by atoms with E-state index in [9.17, 15) is 9.18 Å².